The van der Waals surface area contributed by atoms with Crippen LogP contribution in [0.4, 0.5) is 0 Å². The summed E-state index contributed by atoms with van der Waals surface area (Å²) in [7, 11) is 0. The number of benzene rings is 2. The zero-order valence-corrected chi connectivity index (χ0v) is 17.8. The van der Waals surface area contributed by atoms with Gasteiger partial charge in [0, 0.05) is 12.2 Å². The highest BCUT2D eigenvalue weighted by molar-refractivity contribution is 5.88. The van der Waals surface area contributed by atoms with Gasteiger partial charge >= 0.3 is 0 Å². The fraction of sp³-hybridized carbons (Fsp3) is 0.208. The average molecular weight is 437 g/mol. The molecule has 2 aromatic carbocycles. The van der Waals surface area contributed by atoms with Crippen LogP contribution in [-0.2, 0) is 10.5 Å². The summed E-state index contributed by atoms with van der Waals surface area (Å²) in [6.07, 6.45) is 5.27. The van der Waals surface area contributed by atoms with Gasteiger partial charge in [-0.05, 0) is 31.9 Å². The Bertz CT molecular complexity index is 1620. The van der Waals surface area contributed by atoms with Crippen LogP contribution in [0, 0.1) is 11.5 Å². The Hall–Kier alpha value is -4.29. The van der Waals surface area contributed by atoms with Crippen LogP contribution in [-0.4, -0.2) is 35.6 Å². The van der Waals surface area contributed by atoms with Crippen molar-refractivity contribution < 1.29 is 4.74 Å². The summed E-state index contributed by atoms with van der Waals surface area (Å²) >= 11 is 0. The third-order valence-electron chi connectivity index (χ3n) is 6.26. The van der Waals surface area contributed by atoms with Crippen LogP contribution in [0.25, 0.3) is 39.2 Å². The van der Waals surface area contributed by atoms with E-state index >= 15 is 0 Å². The van der Waals surface area contributed by atoms with Crippen LogP contribution >= 0.6 is 0 Å². The minimum atomic E-state index is -0.757. The standard InChI is InChI=1S/C24H19N7O2/c1-24(12-7-13-33-24)31-18-11-6-5-10-17(18)29-15-26-19(22(29)23(31)32)20-21(30(14-25)28-27-20)16-8-3-2-4-9-16/h2-6,8-11,15H,7,12-13H2,1H3. The van der Waals surface area contributed by atoms with E-state index in [0.717, 1.165) is 34.1 Å². The van der Waals surface area contributed by atoms with Crippen molar-refractivity contribution in [2.75, 3.05) is 6.61 Å². The molecule has 5 aromatic rings. The normalized spacial score (nSPS) is 18.2. The van der Waals surface area contributed by atoms with E-state index in [1.54, 1.807) is 15.3 Å². The second-order valence-corrected chi connectivity index (χ2v) is 8.23. The predicted octanol–water partition coefficient (Wildman–Crippen LogP) is 3.39. The zero-order chi connectivity index (χ0) is 22.6. The van der Waals surface area contributed by atoms with Crippen LogP contribution in [0.3, 0.4) is 0 Å². The average Bonchev–Trinajstić information content (AvgIpc) is 3.58. The van der Waals surface area contributed by atoms with E-state index in [1.807, 2.05) is 67.7 Å². The summed E-state index contributed by atoms with van der Waals surface area (Å²) in [6, 6.07) is 17.1. The maximum atomic E-state index is 14.0. The molecule has 33 heavy (non-hydrogen) atoms. The highest BCUT2D eigenvalue weighted by Crippen LogP contribution is 2.35. The Morgan fingerprint density at radius 3 is 2.55 bits per heavy atom. The smallest absolute Gasteiger partial charge is 0.280 e. The zero-order valence-electron chi connectivity index (χ0n) is 17.8. The highest BCUT2D eigenvalue weighted by atomic mass is 16.5. The van der Waals surface area contributed by atoms with Gasteiger partial charge < -0.3 is 4.74 Å². The summed E-state index contributed by atoms with van der Waals surface area (Å²) in [4.78, 5) is 18.6. The number of fused-ring (bicyclic) bond motifs is 3. The number of hydrogen-bond acceptors (Lipinski definition) is 6. The van der Waals surface area contributed by atoms with Gasteiger partial charge in [0.05, 0.1) is 11.0 Å². The Kier molecular flexibility index (Phi) is 4.18. The van der Waals surface area contributed by atoms with E-state index in [4.69, 9.17) is 4.74 Å². The molecule has 0 N–H and O–H groups in total. The summed E-state index contributed by atoms with van der Waals surface area (Å²) in [5.74, 6) is 0. The minimum Gasteiger partial charge on any atom is -0.355 e. The Morgan fingerprint density at radius 2 is 1.82 bits per heavy atom. The number of imidazole rings is 1. The molecule has 1 aliphatic heterocycles. The third kappa shape index (κ3) is 2.74. The van der Waals surface area contributed by atoms with Gasteiger partial charge in [-0.3, -0.25) is 13.8 Å². The van der Waals surface area contributed by atoms with Crippen LogP contribution < -0.4 is 5.56 Å². The number of nitriles is 1. The molecule has 6 rings (SSSR count). The molecule has 1 fully saturated rings. The van der Waals surface area contributed by atoms with Crippen LogP contribution in [0.1, 0.15) is 19.8 Å². The van der Waals surface area contributed by atoms with Crippen molar-refractivity contribution in [3.05, 3.63) is 71.3 Å². The molecule has 162 valence electrons. The monoisotopic (exact) mass is 437 g/mol. The lowest BCUT2D eigenvalue weighted by molar-refractivity contribution is -0.0447. The van der Waals surface area contributed by atoms with Crippen molar-refractivity contribution in [3.8, 4) is 28.8 Å². The first-order chi connectivity index (χ1) is 16.1. The molecule has 9 nitrogen and oxygen atoms in total. The van der Waals surface area contributed by atoms with Gasteiger partial charge in [0.15, 0.2) is 0 Å². The molecule has 1 atom stereocenters. The molecule has 1 saturated heterocycles. The van der Waals surface area contributed by atoms with E-state index in [1.165, 1.54) is 0 Å². The highest BCUT2D eigenvalue weighted by Gasteiger charge is 2.35. The molecule has 1 unspecified atom stereocenters. The quantitative estimate of drug-likeness (QED) is 0.429. The molecule has 0 saturated carbocycles. The molecule has 0 spiro atoms. The van der Waals surface area contributed by atoms with Gasteiger partial charge in [0.1, 0.15) is 34.7 Å². The number of hydrogen-bond donors (Lipinski definition) is 0. The predicted molar refractivity (Wildman–Crippen MR) is 121 cm³/mol. The van der Waals surface area contributed by atoms with Crippen molar-refractivity contribution >= 4 is 16.6 Å². The summed E-state index contributed by atoms with van der Waals surface area (Å²) in [5, 5.41) is 17.9. The molecular weight excluding hydrogens is 418 g/mol. The van der Waals surface area contributed by atoms with Crippen molar-refractivity contribution in [2.24, 2.45) is 0 Å². The molecule has 0 radical (unpaired) electrons. The molecule has 3 aromatic heterocycles. The molecule has 0 aliphatic carbocycles. The molecular formula is C24H19N7O2. The number of para-hydroxylation sites is 2. The Labute approximate surface area is 188 Å². The topological polar surface area (TPSA) is 103 Å². The third-order valence-corrected chi connectivity index (χ3v) is 6.26. The van der Waals surface area contributed by atoms with Gasteiger partial charge in [-0.25, -0.2) is 4.98 Å². The van der Waals surface area contributed by atoms with E-state index in [-0.39, 0.29) is 5.56 Å². The van der Waals surface area contributed by atoms with Crippen LogP contribution in [0.5, 0.6) is 0 Å². The molecule has 0 bridgehead atoms. The maximum absolute atomic E-state index is 14.0. The summed E-state index contributed by atoms with van der Waals surface area (Å²) in [6.45, 7) is 2.55. The largest absolute Gasteiger partial charge is 0.355 e. The van der Waals surface area contributed by atoms with Gasteiger partial charge in [-0.15, -0.1) is 9.78 Å². The summed E-state index contributed by atoms with van der Waals surface area (Å²) < 4.78 is 10.7. The Morgan fingerprint density at radius 1 is 1.06 bits per heavy atom. The van der Waals surface area contributed by atoms with E-state index in [2.05, 4.69) is 15.3 Å². The summed E-state index contributed by atoms with van der Waals surface area (Å²) in [5.41, 5.74) is 2.98. The first kappa shape index (κ1) is 19.4. The van der Waals surface area contributed by atoms with Crippen molar-refractivity contribution in [1.29, 1.82) is 5.26 Å². The second-order valence-electron chi connectivity index (χ2n) is 8.23. The second kappa shape index (κ2) is 7.12. The fourth-order valence-corrected chi connectivity index (χ4v) is 4.76. The number of rotatable bonds is 3. The van der Waals surface area contributed by atoms with Crippen molar-refractivity contribution in [1.82, 2.24) is 28.9 Å². The van der Waals surface area contributed by atoms with Gasteiger partial charge in [-0.2, -0.15) is 5.26 Å². The van der Waals surface area contributed by atoms with Crippen molar-refractivity contribution in [2.45, 2.75) is 25.5 Å². The minimum absolute atomic E-state index is 0.226. The number of ether oxygens (including phenoxy) is 1. The lowest BCUT2D eigenvalue weighted by Crippen LogP contribution is -2.39. The van der Waals surface area contributed by atoms with Crippen LogP contribution in [0.15, 0.2) is 65.7 Å². The molecule has 1 aliphatic rings. The number of nitrogens with zero attached hydrogens (tertiary/aromatic N) is 7. The fourth-order valence-electron chi connectivity index (χ4n) is 4.76. The maximum Gasteiger partial charge on any atom is 0.280 e. The SMILES string of the molecule is CC1(n2c(=O)c3c(-c4nnn(C#N)c4-c4ccccc4)ncn3c3ccccc32)CCCO1. The van der Waals surface area contributed by atoms with E-state index in [0.29, 0.717) is 29.2 Å². The van der Waals surface area contributed by atoms with E-state index in [9.17, 15) is 10.1 Å². The molecule has 9 heteroatoms. The first-order valence-corrected chi connectivity index (χ1v) is 10.7. The lowest BCUT2D eigenvalue weighted by Gasteiger charge is -2.28. The molecule has 4 heterocycles. The first-order valence-electron chi connectivity index (χ1n) is 10.7. The van der Waals surface area contributed by atoms with Gasteiger partial charge in [-0.1, -0.05) is 47.7 Å². The lowest BCUT2D eigenvalue weighted by atomic mass is 10.1. The van der Waals surface area contributed by atoms with Crippen molar-refractivity contribution in [3.63, 3.8) is 0 Å². The van der Waals surface area contributed by atoms with Gasteiger partial charge in [0.2, 0.25) is 6.19 Å². The van der Waals surface area contributed by atoms with Gasteiger partial charge in [0.25, 0.3) is 5.56 Å². The molecule has 0 amide bonds. The Balaban J connectivity index is 1.72. The number of aromatic nitrogens is 6. The van der Waals surface area contributed by atoms with Crippen LogP contribution in [0.2, 0.25) is 0 Å². The van der Waals surface area contributed by atoms with E-state index < -0.39 is 5.72 Å².